The van der Waals surface area contributed by atoms with Crippen LogP contribution >= 0.6 is 0 Å². The van der Waals surface area contributed by atoms with Gasteiger partial charge in [0.2, 0.25) is 0 Å². The van der Waals surface area contributed by atoms with E-state index in [9.17, 15) is 0 Å². The van der Waals surface area contributed by atoms with Gasteiger partial charge in [-0.05, 0) is 25.5 Å². The molecule has 0 bridgehead atoms. The third-order valence-corrected chi connectivity index (χ3v) is 3.36. The fraction of sp³-hybridized carbons (Fsp3) is 0.375. The Kier molecular flexibility index (Phi) is 4.62. The van der Waals surface area contributed by atoms with E-state index in [1.807, 2.05) is 25.1 Å². The van der Waals surface area contributed by atoms with Crippen LogP contribution in [0.1, 0.15) is 24.7 Å². The van der Waals surface area contributed by atoms with E-state index in [2.05, 4.69) is 16.9 Å². The molecule has 1 aromatic heterocycles. The second-order valence-corrected chi connectivity index (χ2v) is 4.79. The molecule has 2 N–H and O–H groups in total. The first-order chi connectivity index (χ1) is 10.1. The highest BCUT2D eigenvalue weighted by atomic mass is 16.5. The number of nitrogen functional groups attached to an aromatic ring is 1. The van der Waals surface area contributed by atoms with Crippen molar-refractivity contribution in [2.24, 2.45) is 0 Å². The summed E-state index contributed by atoms with van der Waals surface area (Å²) in [5.74, 6) is 2.58. The number of aromatic nitrogens is 2. The minimum Gasteiger partial charge on any atom is -0.493 e. The van der Waals surface area contributed by atoms with E-state index in [1.54, 1.807) is 14.2 Å². The molecular weight excluding hydrogens is 266 g/mol. The molecule has 5 nitrogen and oxygen atoms in total. The standard InChI is InChI=1S/C16H21N3O2/c1-5-7-13-18-14(10(2)16(17)19-13)11-8-6-9-12(20-3)15(11)21-4/h6,8-9H,5,7H2,1-4H3,(H2,17,18,19). The second-order valence-electron chi connectivity index (χ2n) is 4.79. The SMILES string of the molecule is CCCc1nc(N)c(C)c(-c2cccc(OC)c2OC)n1. The Balaban J connectivity index is 2.66. The van der Waals surface area contributed by atoms with Crippen molar-refractivity contribution in [3.63, 3.8) is 0 Å². The highest BCUT2D eigenvalue weighted by molar-refractivity contribution is 5.75. The number of anilines is 1. The first-order valence-electron chi connectivity index (χ1n) is 6.96. The molecular formula is C16H21N3O2. The Hall–Kier alpha value is -2.30. The predicted molar refractivity (Wildman–Crippen MR) is 83.7 cm³/mol. The number of hydrogen-bond acceptors (Lipinski definition) is 5. The van der Waals surface area contributed by atoms with Gasteiger partial charge in [0.1, 0.15) is 11.6 Å². The maximum atomic E-state index is 6.03. The second kappa shape index (κ2) is 6.43. The molecule has 21 heavy (non-hydrogen) atoms. The molecule has 0 saturated carbocycles. The summed E-state index contributed by atoms with van der Waals surface area (Å²) in [6.45, 7) is 4.00. The Morgan fingerprint density at radius 2 is 1.90 bits per heavy atom. The fourth-order valence-electron chi connectivity index (χ4n) is 2.25. The van der Waals surface area contributed by atoms with Gasteiger partial charge in [0.15, 0.2) is 11.5 Å². The zero-order chi connectivity index (χ0) is 15.4. The molecule has 0 spiro atoms. The van der Waals surface area contributed by atoms with Gasteiger partial charge in [0, 0.05) is 17.5 Å². The van der Waals surface area contributed by atoms with E-state index in [0.29, 0.717) is 17.3 Å². The van der Waals surface area contributed by atoms with Gasteiger partial charge in [0.25, 0.3) is 0 Å². The van der Waals surface area contributed by atoms with E-state index in [0.717, 1.165) is 35.5 Å². The lowest BCUT2D eigenvalue weighted by molar-refractivity contribution is 0.356. The van der Waals surface area contributed by atoms with Crippen LogP contribution in [0.3, 0.4) is 0 Å². The Labute approximate surface area is 125 Å². The van der Waals surface area contributed by atoms with Crippen molar-refractivity contribution in [3.05, 3.63) is 29.6 Å². The number of aryl methyl sites for hydroxylation is 1. The Bertz CT molecular complexity index is 642. The molecule has 0 aliphatic rings. The van der Waals surface area contributed by atoms with Gasteiger partial charge in [-0.3, -0.25) is 0 Å². The van der Waals surface area contributed by atoms with Crippen molar-refractivity contribution < 1.29 is 9.47 Å². The highest BCUT2D eigenvalue weighted by Gasteiger charge is 2.17. The third-order valence-electron chi connectivity index (χ3n) is 3.36. The molecule has 0 fully saturated rings. The maximum absolute atomic E-state index is 6.03. The Morgan fingerprint density at radius 1 is 1.14 bits per heavy atom. The zero-order valence-electron chi connectivity index (χ0n) is 12.9. The van der Waals surface area contributed by atoms with Crippen LogP contribution < -0.4 is 15.2 Å². The number of methoxy groups -OCH3 is 2. The topological polar surface area (TPSA) is 70.3 Å². The summed E-state index contributed by atoms with van der Waals surface area (Å²) in [5.41, 5.74) is 8.53. The minimum absolute atomic E-state index is 0.508. The van der Waals surface area contributed by atoms with Crippen LogP contribution in [0.15, 0.2) is 18.2 Å². The van der Waals surface area contributed by atoms with Crippen molar-refractivity contribution in [1.29, 1.82) is 0 Å². The largest absolute Gasteiger partial charge is 0.493 e. The molecule has 0 atom stereocenters. The number of ether oxygens (including phenoxy) is 2. The van der Waals surface area contributed by atoms with Crippen LogP contribution in [0.25, 0.3) is 11.3 Å². The molecule has 0 unspecified atom stereocenters. The van der Waals surface area contributed by atoms with Crippen LogP contribution in [0.2, 0.25) is 0 Å². The van der Waals surface area contributed by atoms with E-state index >= 15 is 0 Å². The van der Waals surface area contributed by atoms with Crippen molar-refractivity contribution in [3.8, 4) is 22.8 Å². The number of nitrogens with zero attached hydrogens (tertiary/aromatic N) is 2. The van der Waals surface area contributed by atoms with Crippen LogP contribution in [0.5, 0.6) is 11.5 Å². The fourth-order valence-corrected chi connectivity index (χ4v) is 2.25. The molecule has 5 heteroatoms. The molecule has 1 aromatic carbocycles. The first kappa shape index (κ1) is 15.1. The van der Waals surface area contributed by atoms with Gasteiger partial charge in [0.05, 0.1) is 19.9 Å². The lowest BCUT2D eigenvalue weighted by Gasteiger charge is -2.15. The van der Waals surface area contributed by atoms with Gasteiger partial charge >= 0.3 is 0 Å². The van der Waals surface area contributed by atoms with Crippen LogP contribution in [-0.2, 0) is 6.42 Å². The molecule has 0 aliphatic carbocycles. The molecule has 2 aromatic rings. The smallest absolute Gasteiger partial charge is 0.170 e. The zero-order valence-corrected chi connectivity index (χ0v) is 12.9. The van der Waals surface area contributed by atoms with Gasteiger partial charge in [-0.25, -0.2) is 9.97 Å². The minimum atomic E-state index is 0.508. The summed E-state index contributed by atoms with van der Waals surface area (Å²) in [6.07, 6.45) is 1.76. The van der Waals surface area contributed by atoms with Crippen molar-refractivity contribution in [2.45, 2.75) is 26.7 Å². The van der Waals surface area contributed by atoms with Crippen LogP contribution in [0, 0.1) is 6.92 Å². The molecule has 2 rings (SSSR count). The quantitative estimate of drug-likeness (QED) is 0.915. The van der Waals surface area contributed by atoms with Gasteiger partial charge in [-0.15, -0.1) is 0 Å². The molecule has 0 aliphatic heterocycles. The average Bonchev–Trinajstić information content (AvgIpc) is 2.50. The van der Waals surface area contributed by atoms with Gasteiger partial charge < -0.3 is 15.2 Å². The van der Waals surface area contributed by atoms with E-state index in [4.69, 9.17) is 15.2 Å². The van der Waals surface area contributed by atoms with E-state index in [1.165, 1.54) is 0 Å². The normalized spacial score (nSPS) is 10.5. The lowest BCUT2D eigenvalue weighted by Crippen LogP contribution is -2.05. The van der Waals surface area contributed by atoms with Crippen molar-refractivity contribution in [1.82, 2.24) is 9.97 Å². The average molecular weight is 287 g/mol. The molecule has 112 valence electrons. The maximum Gasteiger partial charge on any atom is 0.170 e. The van der Waals surface area contributed by atoms with Gasteiger partial charge in [-0.2, -0.15) is 0 Å². The number of para-hydroxylation sites is 1. The number of rotatable bonds is 5. The van der Waals surface area contributed by atoms with E-state index < -0.39 is 0 Å². The molecule has 1 heterocycles. The highest BCUT2D eigenvalue weighted by Crippen LogP contribution is 2.38. The summed E-state index contributed by atoms with van der Waals surface area (Å²) >= 11 is 0. The lowest BCUT2D eigenvalue weighted by atomic mass is 10.1. The number of nitrogens with two attached hydrogens (primary N) is 1. The number of hydrogen-bond donors (Lipinski definition) is 1. The predicted octanol–water partition coefficient (Wildman–Crippen LogP) is 3.00. The number of benzene rings is 1. The van der Waals surface area contributed by atoms with Crippen molar-refractivity contribution >= 4 is 5.82 Å². The van der Waals surface area contributed by atoms with Crippen molar-refractivity contribution in [2.75, 3.05) is 20.0 Å². The molecule has 0 radical (unpaired) electrons. The molecule has 0 saturated heterocycles. The summed E-state index contributed by atoms with van der Waals surface area (Å²) in [4.78, 5) is 8.99. The van der Waals surface area contributed by atoms with Crippen LogP contribution in [0.4, 0.5) is 5.82 Å². The summed E-state index contributed by atoms with van der Waals surface area (Å²) in [5, 5.41) is 0. The first-order valence-corrected chi connectivity index (χ1v) is 6.96. The third kappa shape index (κ3) is 2.91. The monoisotopic (exact) mass is 287 g/mol. The van der Waals surface area contributed by atoms with Crippen LogP contribution in [-0.4, -0.2) is 24.2 Å². The summed E-state index contributed by atoms with van der Waals surface area (Å²) in [6, 6.07) is 5.72. The Morgan fingerprint density at radius 3 is 2.52 bits per heavy atom. The summed E-state index contributed by atoms with van der Waals surface area (Å²) < 4.78 is 10.8. The van der Waals surface area contributed by atoms with Gasteiger partial charge in [-0.1, -0.05) is 13.0 Å². The summed E-state index contributed by atoms with van der Waals surface area (Å²) in [7, 11) is 3.24. The van der Waals surface area contributed by atoms with E-state index in [-0.39, 0.29) is 0 Å². The molecule has 0 amide bonds.